The number of hydrogen-bond donors (Lipinski definition) is 0. The zero-order valence-corrected chi connectivity index (χ0v) is 17.3. The lowest BCUT2D eigenvalue weighted by atomic mass is 10.2. The number of ether oxygens (including phenoxy) is 1. The summed E-state index contributed by atoms with van der Waals surface area (Å²) >= 11 is 7.65. The second kappa shape index (κ2) is 7.94. The van der Waals surface area contributed by atoms with E-state index in [0.29, 0.717) is 33.9 Å². The molecular formula is C21H17ClN2O4S. The number of carbonyl (C=O) groups is 1. The number of halogens is 1. The zero-order chi connectivity index (χ0) is 20.5. The second-order valence-electron chi connectivity index (χ2n) is 6.45. The maximum atomic E-state index is 12.8. The van der Waals surface area contributed by atoms with Crippen LogP contribution in [0.3, 0.4) is 0 Å². The Bertz CT molecular complexity index is 1370. The van der Waals surface area contributed by atoms with Gasteiger partial charge in [0.2, 0.25) is 0 Å². The molecule has 0 radical (unpaired) electrons. The lowest BCUT2D eigenvalue weighted by Gasteiger charge is -2.07. The van der Waals surface area contributed by atoms with Gasteiger partial charge >= 0.3 is 5.63 Å². The quantitative estimate of drug-likeness (QED) is 0.457. The lowest BCUT2D eigenvalue weighted by molar-refractivity contribution is 0.0994. The van der Waals surface area contributed by atoms with E-state index in [9.17, 15) is 9.59 Å². The molecule has 0 aliphatic heterocycles. The second-order valence-corrected chi connectivity index (χ2v) is 7.87. The number of fused-ring (bicyclic) bond motifs is 2. The number of amides is 1. The predicted molar refractivity (Wildman–Crippen MR) is 114 cm³/mol. The van der Waals surface area contributed by atoms with Crippen molar-refractivity contribution in [1.29, 1.82) is 0 Å². The highest BCUT2D eigenvalue weighted by atomic mass is 35.5. The van der Waals surface area contributed by atoms with Crippen molar-refractivity contribution in [2.45, 2.75) is 13.5 Å². The lowest BCUT2D eigenvalue weighted by Crippen LogP contribution is -2.21. The molecule has 29 heavy (non-hydrogen) atoms. The van der Waals surface area contributed by atoms with Gasteiger partial charge in [-0.05, 0) is 36.8 Å². The van der Waals surface area contributed by atoms with Gasteiger partial charge in [-0.15, -0.1) is 0 Å². The van der Waals surface area contributed by atoms with Crippen LogP contribution in [0.25, 0.3) is 21.2 Å². The first-order valence-corrected chi connectivity index (χ1v) is 10.1. The molecule has 4 aromatic rings. The van der Waals surface area contributed by atoms with Gasteiger partial charge in [0.05, 0.1) is 16.8 Å². The third-order valence-electron chi connectivity index (χ3n) is 4.62. The van der Waals surface area contributed by atoms with Gasteiger partial charge in [0.1, 0.15) is 11.1 Å². The zero-order valence-electron chi connectivity index (χ0n) is 15.8. The van der Waals surface area contributed by atoms with Crippen molar-refractivity contribution in [3.8, 4) is 0 Å². The number of rotatable bonds is 4. The van der Waals surface area contributed by atoms with Crippen molar-refractivity contribution in [3.05, 3.63) is 73.8 Å². The molecular weight excluding hydrogens is 412 g/mol. The van der Waals surface area contributed by atoms with Gasteiger partial charge in [-0.3, -0.25) is 4.79 Å². The number of hydrogen-bond acceptors (Lipinski definition) is 5. The smallest absolute Gasteiger partial charge is 0.349 e. The van der Waals surface area contributed by atoms with Crippen molar-refractivity contribution in [3.63, 3.8) is 0 Å². The SMILES string of the molecule is COCCn1c(=NC(=O)c2cc3ccccc3oc2=O)sc2ccc(Cl)c(C)c21. The fourth-order valence-corrected chi connectivity index (χ4v) is 4.42. The molecule has 1 amide bonds. The minimum atomic E-state index is -0.707. The van der Waals surface area contributed by atoms with Crippen molar-refractivity contribution in [1.82, 2.24) is 4.57 Å². The normalized spacial score (nSPS) is 12.2. The van der Waals surface area contributed by atoms with Gasteiger partial charge in [-0.2, -0.15) is 4.99 Å². The Balaban J connectivity index is 1.90. The topological polar surface area (TPSA) is 73.8 Å². The summed E-state index contributed by atoms with van der Waals surface area (Å²) in [4.78, 5) is 29.9. The molecule has 0 N–H and O–H groups in total. The molecule has 2 aromatic heterocycles. The van der Waals surface area contributed by atoms with E-state index in [4.69, 9.17) is 20.8 Å². The summed E-state index contributed by atoms with van der Waals surface area (Å²) in [5.41, 5.74) is 1.42. The van der Waals surface area contributed by atoms with Crippen molar-refractivity contribution in [2.24, 2.45) is 4.99 Å². The Labute approximate surface area is 174 Å². The van der Waals surface area contributed by atoms with Crippen molar-refractivity contribution in [2.75, 3.05) is 13.7 Å². The van der Waals surface area contributed by atoms with Crippen LogP contribution < -0.4 is 10.4 Å². The van der Waals surface area contributed by atoms with Crippen LogP contribution in [-0.2, 0) is 11.3 Å². The highest BCUT2D eigenvalue weighted by Crippen LogP contribution is 2.27. The van der Waals surface area contributed by atoms with Gasteiger partial charge in [-0.1, -0.05) is 41.1 Å². The fraction of sp³-hybridized carbons (Fsp3) is 0.190. The molecule has 0 unspecified atom stereocenters. The van der Waals surface area contributed by atoms with E-state index in [-0.39, 0.29) is 5.56 Å². The molecule has 0 atom stereocenters. The maximum Gasteiger partial charge on any atom is 0.349 e. The summed E-state index contributed by atoms with van der Waals surface area (Å²) < 4.78 is 13.3. The summed E-state index contributed by atoms with van der Waals surface area (Å²) in [5, 5.41) is 1.30. The highest BCUT2D eigenvalue weighted by molar-refractivity contribution is 7.16. The Morgan fingerprint density at radius 3 is 2.86 bits per heavy atom. The molecule has 0 saturated heterocycles. The molecule has 148 valence electrons. The standard InChI is InChI=1S/C21H17ClN2O4S/c1-12-15(22)7-8-17-18(12)24(9-10-27-2)21(29-17)23-19(25)14-11-13-5-3-4-6-16(13)28-20(14)26/h3-8,11H,9-10H2,1-2H3. The highest BCUT2D eigenvalue weighted by Gasteiger charge is 2.16. The minimum absolute atomic E-state index is 0.103. The molecule has 2 heterocycles. The summed E-state index contributed by atoms with van der Waals surface area (Å²) in [6.45, 7) is 2.86. The predicted octanol–water partition coefficient (Wildman–Crippen LogP) is 4.16. The molecule has 0 bridgehead atoms. The summed E-state index contributed by atoms with van der Waals surface area (Å²) in [7, 11) is 1.61. The van der Waals surface area contributed by atoms with Crippen LogP contribution in [0.1, 0.15) is 15.9 Å². The molecule has 8 heteroatoms. The average Bonchev–Trinajstić information content (AvgIpc) is 3.06. The van der Waals surface area contributed by atoms with E-state index >= 15 is 0 Å². The van der Waals surface area contributed by atoms with E-state index in [2.05, 4.69) is 4.99 Å². The number of benzene rings is 2. The van der Waals surface area contributed by atoms with Crippen LogP contribution in [0, 0.1) is 6.92 Å². The number of methoxy groups -OCH3 is 1. The van der Waals surface area contributed by atoms with Crippen LogP contribution in [0.5, 0.6) is 0 Å². The number of carbonyl (C=O) groups excluding carboxylic acids is 1. The van der Waals surface area contributed by atoms with Gasteiger partial charge in [0.25, 0.3) is 5.91 Å². The van der Waals surface area contributed by atoms with Crippen molar-refractivity contribution >= 4 is 50.0 Å². The molecule has 0 fully saturated rings. The monoisotopic (exact) mass is 428 g/mol. The molecule has 0 aliphatic rings. The maximum absolute atomic E-state index is 12.8. The van der Waals surface area contributed by atoms with E-state index in [1.165, 1.54) is 17.4 Å². The van der Waals surface area contributed by atoms with Gasteiger partial charge in [0.15, 0.2) is 4.80 Å². The fourth-order valence-electron chi connectivity index (χ4n) is 3.15. The van der Waals surface area contributed by atoms with Gasteiger partial charge < -0.3 is 13.7 Å². The first-order valence-electron chi connectivity index (χ1n) is 8.89. The summed E-state index contributed by atoms with van der Waals surface area (Å²) in [6, 6.07) is 12.3. The molecule has 4 rings (SSSR count). The van der Waals surface area contributed by atoms with Crippen LogP contribution in [0.2, 0.25) is 5.02 Å². The minimum Gasteiger partial charge on any atom is -0.422 e. The largest absolute Gasteiger partial charge is 0.422 e. The first kappa shape index (κ1) is 19.6. The van der Waals surface area contributed by atoms with Crippen LogP contribution in [0.4, 0.5) is 0 Å². The summed E-state index contributed by atoms with van der Waals surface area (Å²) in [5.74, 6) is -0.647. The van der Waals surface area contributed by atoms with Crippen LogP contribution in [0.15, 0.2) is 56.7 Å². The van der Waals surface area contributed by atoms with Crippen molar-refractivity contribution < 1.29 is 13.9 Å². The average molecular weight is 429 g/mol. The first-order chi connectivity index (χ1) is 14.0. The van der Waals surface area contributed by atoms with E-state index in [0.717, 1.165) is 15.8 Å². The Kier molecular flexibility index (Phi) is 5.36. The molecule has 0 saturated carbocycles. The Morgan fingerprint density at radius 2 is 2.07 bits per heavy atom. The number of thiazole rings is 1. The molecule has 2 aromatic carbocycles. The van der Waals surface area contributed by atoms with Gasteiger partial charge in [0, 0.05) is 24.1 Å². The van der Waals surface area contributed by atoms with Crippen LogP contribution in [-0.4, -0.2) is 24.2 Å². The number of para-hydroxylation sites is 1. The Hall–Kier alpha value is -2.74. The van der Waals surface area contributed by atoms with Crippen LogP contribution >= 0.6 is 22.9 Å². The molecule has 6 nitrogen and oxygen atoms in total. The van der Waals surface area contributed by atoms with E-state index in [1.807, 2.05) is 29.7 Å². The number of aromatic nitrogens is 1. The summed E-state index contributed by atoms with van der Waals surface area (Å²) in [6.07, 6.45) is 0. The molecule has 0 spiro atoms. The third kappa shape index (κ3) is 3.64. The molecule has 0 aliphatic carbocycles. The van der Waals surface area contributed by atoms with Gasteiger partial charge in [-0.25, -0.2) is 4.79 Å². The van der Waals surface area contributed by atoms with E-state index < -0.39 is 11.5 Å². The Morgan fingerprint density at radius 1 is 1.28 bits per heavy atom. The number of aryl methyl sites for hydroxylation is 1. The van der Waals surface area contributed by atoms with E-state index in [1.54, 1.807) is 25.3 Å². The number of nitrogens with zero attached hydrogens (tertiary/aromatic N) is 2. The third-order valence-corrected chi connectivity index (χ3v) is 6.07.